The fourth-order valence-electron chi connectivity index (χ4n) is 3.03. The van der Waals surface area contributed by atoms with E-state index in [1.54, 1.807) is 29.2 Å². The molecule has 3 aromatic rings. The van der Waals surface area contributed by atoms with Crippen LogP contribution in [0.1, 0.15) is 5.82 Å². The zero-order valence-electron chi connectivity index (χ0n) is 14.8. The number of piperazine rings is 1. The number of hydrogen-bond donors (Lipinski definition) is 0. The zero-order chi connectivity index (χ0) is 18.9. The predicted octanol–water partition coefficient (Wildman–Crippen LogP) is 0.877. The summed E-state index contributed by atoms with van der Waals surface area (Å²) in [6.07, 6.45) is 6.46. The minimum Gasteiger partial charge on any atom is -0.354 e. The predicted molar refractivity (Wildman–Crippen MR) is 99.1 cm³/mol. The molecule has 3 aromatic heterocycles. The molecule has 0 saturated carbocycles. The van der Waals surface area contributed by atoms with Crippen LogP contribution in [0.2, 0.25) is 0 Å². The van der Waals surface area contributed by atoms with Crippen molar-refractivity contribution >= 4 is 15.8 Å². The van der Waals surface area contributed by atoms with E-state index in [1.165, 1.54) is 10.5 Å². The molecule has 27 heavy (non-hydrogen) atoms. The molecule has 1 aliphatic rings. The summed E-state index contributed by atoms with van der Waals surface area (Å²) in [7, 11) is -3.52. The lowest BCUT2D eigenvalue weighted by molar-refractivity contribution is 0.383. The molecule has 1 fully saturated rings. The number of rotatable bonds is 4. The summed E-state index contributed by atoms with van der Waals surface area (Å²) in [5.74, 6) is 2.10. The minimum absolute atomic E-state index is 0.220. The molecule has 9 nitrogen and oxygen atoms in total. The smallest absolute Gasteiger partial charge is 0.244 e. The zero-order valence-corrected chi connectivity index (χ0v) is 15.6. The Morgan fingerprint density at radius 2 is 1.78 bits per heavy atom. The second-order valence-corrected chi connectivity index (χ2v) is 8.10. The third kappa shape index (κ3) is 3.53. The lowest BCUT2D eigenvalue weighted by atomic mass is 10.3. The third-order valence-electron chi connectivity index (χ3n) is 4.38. The van der Waals surface area contributed by atoms with Crippen LogP contribution in [-0.2, 0) is 10.0 Å². The molecule has 0 atom stereocenters. The van der Waals surface area contributed by atoms with Crippen LogP contribution >= 0.6 is 0 Å². The maximum Gasteiger partial charge on any atom is 0.244 e. The van der Waals surface area contributed by atoms with Crippen LogP contribution < -0.4 is 4.90 Å². The van der Waals surface area contributed by atoms with Crippen molar-refractivity contribution in [1.29, 1.82) is 0 Å². The molecule has 0 aromatic carbocycles. The number of aromatic nitrogens is 5. The van der Waals surface area contributed by atoms with Crippen molar-refractivity contribution in [2.75, 3.05) is 31.1 Å². The molecule has 0 unspecified atom stereocenters. The van der Waals surface area contributed by atoms with Gasteiger partial charge in [-0.2, -0.15) is 9.40 Å². The quantitative estimate of drug-likeness (QED) is 0.657. The van der Waals surface area contributed by atoms with E-state index in [4.69, 9.17) is 0 Å². The van der Waals surface area contributed by atoms with Gasteiger partial charge in [-0.05, 0) is 25.1 Å². The number of nitrogens with zero attached hydrogens (tertiary/aromatic N) is 7. The molecule has 0 aliphatic carbocycles. The second kappa shape index (κ2) is 7.05. The first-order valence-corrected chi connectivity index (χ1v) is 9.99. The van der Waals surface area contributed by atoms with Gasteiger partial charge in [0.1, 0.15) is 16.5 Å². The standard InChI is InChI=1S/C17H19N7O2S/c1-14-20-16(12-17(21-14)24-7-3-6-19-24)22-8-10-23(11-9-22)27(25,26)15-4-2-5-18-13-15/h2-7,12-13H,8-11H2,1H3. The Bertz CT molecular complexity index is 1010. The van der Waals surface area contributed by atoms with E-state index < -0.39 is 10.0 Å². The van der Waals surface area contributed by atoms with Gasteiger partial charge in [0.25, 0.3) is 0 Å². The highest BCUT2D eigenvalue weighted by Crippen LogP contribution is 2.20. The molecular formula is C17H19N7O2S. The summed E-state index contributed by atoms with van der Waals surface area (Å²) < 4.78 is 28.6. The summed E-state index contributed by atoms with van der Waals surface area (Å²) in [5.41, 5.74) is 0. The molecule has 4 rings (SSSR count). The van der Waals surface area contributed by atoms with Gasteiger partial charge in [-0.1, -0.05) is 0 Å². The van der Waals surface area contributed by atoms with Crippen LogP contribution in [0.3, 0.4) is 0 Å². The maximum absolute atomic E-state index is 12.7. The Balaban J connectivity index is 1.52. The Morgan fingerprint density at radius 3 is 2.44 bits per heavy atom. The van der Waals surface area contributed by atoms with E-state index in [2.05, 4.69) is 25.0 Å². The van der Waals surface area contributed by atoms with E-state index in [-0.39, 0.29) is 4.90 Å². The lowest BCUT2D eigenvalue weighted by Gasteiger charge is -2.34. The molecule has 4 heterocycles. The summed E-state index contributed by atoms with van der Waals surface area (Å²) in [6, 6.07) is 6.90. The summed E-state index contributed by atoms with van der Waals surface area (Å²) in [4.78, 5) is 15.1. The van der Waals surface area contributed by atoms with Crippen LogP contribution in [0.5, 0.6) is 0 Å². The molecule has 0 spiro atoms. The number of sulfonamides is 1. The fourth-order valence-corrected chi connectivity index (χ4v) is 4.41. The highest BCUT2D eigenvalue weighted by Gasteiger charge is 2.29. The Kier molecular flexibility index (Phi) is 4.58. The molecule has 1 saturated heterocycles. The molecule has 140 valence electrons. The van der Waals surface area contributed by atoms with Gasteiger partial charge in [-0.25, -0.2) is 23.1 Å². The van der Waals surface area contributed by atoms with Crippen LogP contribution in [0.25, 0.3) is 5.82 Å². The van der Waals surface area contributed by atoms with Gasteiger partial charge in [-0.15, -0.1) is 0 Å². The number of hydrogen-bond acceptors (Lipinski definition) is 7. The van der Waals surface area contributed by atoms with Gasteiger partial charge < -0.3 is 4.90 Å². The van der Waals surface area contributed by atoms with Gasteiger partial charge in [0, 0.05) is 57.0 Å². The third-order valence-corrected chi connectivity index (χ3v) is 6.27. The lowest BCUT2D eigenvalue weighted by Crippen LogP contribution is -2.49. The van der Waals surface area contributed by atoms with Crippen molar-refractivity contribution < 1.29 is 8.42 Å². The van der Waals surface area contributed by atoms with Crippen LogP contribution in [0, 0.1) is 6.92 Å². The Hall–Kier alpha value is -2.85. The first-order chi connectivity index (χ1) is 13.0. The second-order valence-electron chi connectivity index (χ2n) is 6.16. The first kappa shape index (κ1) is 17.6. The van der Waals surface area contributed by atoms with Gasteiger partial charge in [0.15, 0.2) is 5.82 Å². The number of aryl methyl sites for hydroxylation is 1. The van der Waals surface area contributed by atoms with Gasteiger partial charge in [0.05, 0.1) is 0 Å². The van der Waals surface area contributed by atoms with Crippen molar-refractivity contribution in [3.05, 3.63) is 54.9 Å². The van der Waals surface area contributed by atoms with Gasteiger partial charge in [-0.3, -0.25) is 4.98 Å². The van der Waals surface area contributed by atoms with Crippen LogP contribution in [-0.4, -0.2) is 63.6 Å². The molecule has 10 heteroatoms. The monoisotopic (exact) mass is 385 g/mol. The molecule has 0 radical (unpaired) electrons. The van der Waals surface area contributed by atoms with Crippen molar-refractivity contribution in [1.82, 2.24) is 29.0 Å². The highest BCUT2D eigenvalue weighted by atomic mass is 32.2. The minimum atomic E-state index is -3.52. The number of anilines is 1. The highest BCUT2D eigenvalue weighted by molar-refractivity contribution is 7.89. The number of pyridine rings is 1. The average Bonchev–Trinajstić information content (AvgIpc) is 3.23. The van der Waals surface area contributed by atoms with Gasteiger partial charge in [0.2, 0.25) is 10.0 Å². The molecule has 0 N–H and O–H groups in total. The summed E-state index contributed by atoms with van der Waals surface area (Å²) in [5, 5.41) is 4.21. The normalized spacial score (nSPS) is 15.8. The molecule has 0 amide bonds. The maximum atomic E-state index is 12.7. The van der Waals surface area contributed by atoms with Crippen molar-refractivity contribution in [3.63, 3.8) is 0 Å². The van der Waals surface area contributed by atoms with E-state index in [1.807, 2.05) is 25.3 Å². The Morgan fingerprint density at radius 1 is 1.00 bits per heavy atom. The van der Waals surface area contributed by atoms with Crippen LogP contribution in [0.15, 0.2) is 53.9 Å². The summed E-state index contributed by atoms with van der Waals surface area (Å²) in [6.45, 7) is 3.71. The molecule has 0 bridgehead atoms. The van der Waals surface area contributed by atoms with Crippen molar-refractivity contribution in [2.45, 2.75) is 11.8 Å². The van der Waals surface area contributed by atoms with E-state index in [0.29, 0.717) is 37.8 Å². The van der Waals surface area contributed by atoms with E-state index >= 15 is 0 Å². The van der Waals surface area contributed by atoms with Crippen molar-refractivity contribution in [3.8, 4) is 5.82 Å². The molecular weight excluding hydrogens is 366 g/mol. The SMILES string of the molecule is Cc1nc(N2CCN(S(=O)(=O)c3cccnc3)CC2)cc(-n2cccn2)n1. The van der Waals surface area contributed by atoms with Gasteiger partial charge >= 0.3 is 0 Å². The largest absolute Gasteiger partial charge is 0.354 e. The van der Waals surface area contributed by atoms with Crippen LogP contribution in [0.4, 0.5) is 5.82 Å². The topological polar surface area (TPSA) is 97.1 Å². The first-order valence-electron chi connectivity index (χ1n) is 8.55. The van der Waals surface area contributed by atoms with E-state index in [9.17, 15) is 8.42 Å². The molecule has 1 aliphatic heterocycles. The summed E-state index contributed by atoms with van der Waals surface area (Å²) >= 11 is 0. The van der Waals surface area contributed by atoms with Crippen molar-refractivity contribution in [2.24, 2.45) is 0 Å². The average molecular weight is 385 g/mol. The fraction of sp³-hybridized carbons (Fsp3) is 0.294. The van der Waals surface area contributed by atoms with E-state index in [0.717, 1.165) is 5.82 Å². The Labute approximate surface area is 157 Å².